The third-order valence-corrected chi connectivity index (χ3v) is 3.27. The van der Waals surface area contributed by atoms with Crippen LogP contribution in [0.1, 0.15) is 25.3 Å². The minimum Gasteiger partial charge on any atom is -0.491 e. The van der Waals surface area contributed by atoms with Crippen molar-refractivity contribution in [3.05, 3.63) is 29.8 Å². The molecule has 2 N–H and O–H groups in total. The van der Waals surface area contributed by atoms with Gasteiger partial charge in [-0.2, -0.15) is 0 Å². The summed E-state index contributed by atoms with van der Waals surface area (Å²) >= 11 is 0. The average Bonchev–Trinajstić information content (AvgIpc) is 2.60. The average molecular weight is 248 g/mol. The molecular weight excluding hydrogens is 228 g/mol. The molecule has 1 unspecified atom stereocenters. The Bertz CT molecular complexity index is 420. The SMILES string of the molecule is CCC(N)CC(=O)N1CCOc2ccccc2C1. The normalized spacial score (nSPS) is 16.4. The smallest absolute Gasteiger partial charge is 0.224 e. The predicted octanol–water partition coefficient (Wildman–Crippen LogP) is 1.53. The minimum absolute atomic E-state index is 0.0445. The zero-order valence-corrected chi connectivity index (χ0v) is 10.8. The van der Waals surface area contributed by atoms with Gasteiger partial charge in [0.25, 0.3) is 0 Å². The van der Waals surface area contributed by atoms with Crippen LogP contribution >= 0.6 is 0 Å². The lowest BCUT2D eigenvalue weighted by molar-refractivity contribution is -0.132. The van der Waals surface area contributed by atoms with E-state index in [1.807, 2.05) is 36.1 Å². The Hall–Kier alpha value is -1.55. The number of ether oxygens (including phenoxy) is 1. The second-order valence-corrected chi connectivity index (χ2v) is 4.64. The molecule has 1 heterocycles. The van der Waals surface area contributed by atoms with Gasteiger partial charge in [0.15, 0.2) is 0 Å². The van der Waals surface area contributed by atoms with Crippen LogP contribution in [0.2, 0.25) is 0 Å². The molecule has 1 aromatic rings. The van der Waals surface area contributed by atoms with Gasteiger partial charge in [0.05, 0.1) is 6.54 Å². The molecular formula is C14H20N2O2. The maximum Gasteiger partial charge on any atom is 0.224 e. The molecule has 2 rings (SSSR count). The lowest BCUT2D eigenvalue weighted by Crippen LogP contribution is -2.36. The molecule has 0 fully saturated rings. The van der Waals surface area contributed by atoms with Crippen LogP contribution in [0.5, 0.6) is 5.75 Å². The van der Waals surface area contributed by atoms with Gasteiger partial charge in [0.2, 0.25) is 5.91 Å². The lowest BCUT2D eigenvalue weighted by atomic mass is 10.1. The van der Waals surface area contributed by atoms with Crippen LogP contribution in [0, 0.1) is 0 Å². The number of hydrogen-bond donors (Lipinski definition) is 1. The summed E-state index contributed by atoms with van der Waals surface area (Å²) in [5.74, 6) is 0.997. The number of fused-ring (bicyclic) bond motifs is 1. The van der Waals surface area contributed by atoms with Crippen LogP contribution in [0.3, 0.4) is 0 Å². The van der Waals surface area contributed by atoms with E-state index in [-0.39, 0.29) is 11.9 Å². The van der Waals surface area contributed by atoms with E-state index < -0.39 is 0 Å². The number of carbonyl (C=O) groups is 1. The van der Waals surface area contributed by atoms with Gasteiger partial charge in [-0.1, -0.05) is 25.1 Å². The van der Waals surface area contributed by atoms with E-state index in [9.17, 15) is 4.79 Å². The Labute approximate surface area is 108 Å². The molecule has 0 aromatic heterocycles. The van der Waals surface area contributed by atoms with Crippen molar-refractivity contribution in [3.8, 4) is 5.75 Å². The fourth-order valence-corrected chi connectivity index (χ4v) is 2.04. The summed E-state index contributed by atoms with van der Waals surface area (Å²) in [7, 11) is 0. The molecule has 1 atom stereocenters. The van der Waals surface area contributed by atoms with Crippen molar-refractivity contribution in [2.75, 3.05) is 13.2 Å². The highest BCUT2D eigenvalue weighted by atomic mass is 16.5. The second-order valence-electron chi connectivity index (χ2n) is 4.64. The number of amides is 1. The van der Waals surface area contributed by atoms with Crippen molar-refractivity contribution in [3.63, 3.8) is 0 Å². The van der Waals surface area contributed by atoms with E-state index >= 15 is 0 Å². The summed E-state index contributed by atoms with van der Waals surface area (Å²) < 4.78 is 5.64. The van der Waals surface area contributed by atoms with E-state index in [4.69, 9.17) is 10.5 Å². The maximum atomic E-state index is 12.1. The summed E-state index contributed by atoms with van der Waals surface area (Å²) in [4.78, 5) is 14.0. The molecule has 4 nitrogen and oxygen atoms in total. The Balaban J connectivity index is 2.05. The summed E-state index contributed by atoms with van der Waals surface area (Å²) in [6.45, 7) is 3.79. The highest BCUT2D eigenvalue weighted by Crippen LogP contribution is 2.22. The van der Waals surface area contributed by atoms with Crippen molar-refractivity contribution in [1.29, 1.82) is 0 Å². The molecule has 0 saturated heterocycles. The number of nitrogens with two attached hydrogens (primary N) is 1. The molecule has 0 spiro atoms. The largest absolute Gasteiger partial charge is 0.491 e. The van der Waals surface area contributed by atoms with Gasteiger partial charge in [-0.25, -0.2) is 0 Å². The second kappa shape index (κ2) is 5.87. The summed E-state index contributed by atoms with van der Waals surface area (Å²) in [5, 5.41) is 0. The number of carbonyl (C=O) groups excluding carboxylic acids is 1. The van der Waals surface area contributed by atoms with Crippen molar-refractivity contribution in [1.82, 2.24) is 4.90 Å². The lowest BCUT2D eigenvalue weighted by Gasteiger charge is -2.21. The van der Waals surface area contributed by atoms with Gasteiger partial charge in [-0.15, -0.1) is 0 Å². The van der Waals surface area contributed by atoms with Crippen LogP contribution in [-0.4, -0.2) is 30.0 Å². The molecule has 1 aromatic carbocycles. The monoisotopic (exact) mass is 248 g/mol. The van der Waals surface area contributed by atoms with Crippen LogP contribution in [0.15, 0.2) is 24.3 Å². The first-order valence-electron chi connectivity index (χ1n) is 6.44. The molecule has 0 radical (unpaired) electrons. The van der Waals surface area contributed by atoms with E-state index in [1.165, 1.54) is 0 Å². The van der Waals surface area contributed by atoms with E-state index in [0.29, 0.717) is 26.1 Å². The van der Waals surface area contributed by atoms with Gasteiger partial charge >= 0.3 is 0 Å². The molecule has 0 saturated carbocycles. The Kier molecular flexibility index (Phi) is 4.20. The molecule has 98 valence electrons. The van der Waals surface area contributed by atoms with Crippen LogP contribution < -0.4 is 10.5 Å². The van der Waals surface area contributed by atoms with E-state index in [1.54, 1.807) is 0 Å². The highest BCUT2D eigenvalue weighted by Gasteiger charge is 2.20. The summed E-state index contributed by atoms with van der Waals surface area (Å²) in [5.41, 5.74) is 6.90. The van der Waals surface area contributed by atoms with Gasteiger partial charge < -0.3 is 15.4 Å². The molecule has 0 bridgehead atoms. The summed E-state index contributed by atoms with van der Waals surface area (Å²) in [6.07, 6.45) is 1.24. The van der Waals surface area contributed by atoms with Gasteiger partial charge in [-0.05, 0) is 12.5 Å². The first-order valence-corrected chi connectivity index (χ1v) is 6.44. The van der Waals surface area contributed by atoms with Crippen molar-refractivity contribution in [2.45, 2.75) is 32.4 Å². The van der Waals surface area contributed by atoms with E-state index in [2.05, 4.69) is 0 Å². The van der Waals surface area contributed by atoms with Crippen molar-refractivity contribution >= 4 is 5.91 Å². The van der Waals surface area contributed by atoms with Crippen LogP contribution in [-0.2, 0) is 11.3 Å². The quantitative estimate of drug-likeness (QED) is 0.882. The first kappa shape index (κ1) is 12.9. The van der Waals surface area contributed by atoms with Gasteiger partial charge in [0, 0.05) is 24.6 Å². The minimum atomic E-state index is -0.0445. The van der Waals surface area contributed by atoms with E-state index in [0.717, 1.165) is 17.7 Å². The summed E-state index contributed by atoms with van der Waals surface area (Å²) in [6, 6.07) is 7.82. The zero-order valence-electron chi connectivity index (χ0n) is 10.8. The van der Waals surface area contributed by atoms with Gasteiger partial charge in [0.1, 0.15) is 12.4 Å². The Morgan fingerprint density at radius 1 is 1.50 bits per heavy atom. The molecule has 4 heteroatoms. The zero-order chi connectivity index (χ0) is 13.0. The van der Waals surface area contributed by atoms with Crippen LogP contribution in [0.25, 0.3) is 0 Å². The first-order chi connectivity index (χ1) is 8.70. The standard InChI is InChI=1S/C14H20N2O2/c1-2-12(15)9-14(17)16-7-8-18-13-6-4-3-5-11(13)10-16/h3-6,12H,2,7-10,15H2,1H3. The molecule has 1 aliphatic rings. The van der Waals surface area contributed by atoms with Crippen LogP contribution in [0.4, 0.5) is 0 Å². The number of hydrogen-bond acceptors (Lipinski definition) is 3. The third kappa shape index (κ3) is 3.01. The Morgan fingerprint density at radius 2 is 2.28 bits per heavy atom. The molecule has 1 amide bonds. The number of para-hydroxylation sites is 1. The topological polar surface area (TPSA) is 55.6 Å². The molecule has 18 heavy (non-hydrogen) atoms. The molecule has 0 aliphatic carbocycles. The Morgan fingerprint density at radius 3 is 3.06 bits per heavy atom. The number of rotatable bonds is 3. The fraction of sp³-hybridized carbons (Fsp3) is 0.500. The van der Waals surface area contributed by atoms with Crippen molar-refractivity contribution < 1.29 is 9.53 Å². The number of nitrogens with zero attached hydrogens (tertiary/aromatic N) is 1. The number of benzene rings is 1. The highest BCUT2D eigenvalue weighted by molar-refractivity contribution is 5.77. The molecule has 1 aliphatic heterocycles. The fourth-order valence-electron chi connectivity index (χ4n) is 2.04. The predicted molar refractivity (Wildman–Crippen MR) is 70.2 cm³/mol. The van der Waals surface area contributed by atoms with Gasteiger partial charge in [-0.3, -0.25) is 4.79 Å². The maximum absolute atomic E-state index is 12.1. The third-order valence-electron chi connectivity index (χ3n) is 3.27. The van der Waals surface area contributed by atoms with Crippen molar-refractivity contribution in [2.24, 2.45) is 5.73 Å².